The lowest BCUT2D eigenvalue weighted by molar-refractivity contribution is 0.0475. The summed E-state index contributed by atoms with van der Waals surface area (Å²) in [6.07, 6.45) is 3.39. The van der Waals surface area contributed by atoms with Crippen LogP contribution in [0.1, 0.15) is 53.3 Å². The van der Waals surface area contributed by atoms with E-state index >= 15 is 0 Å². The highest BCUT2D eigenvalue weighted by molar-refractivity contribution is 6.06. The number of β-amino-alcohol motifs (C(OH)–C–C–N with tert-alkyl or cyclic N) is 1. The molecular formula is C16H19N3O3. The molecule has 2 aromatic rings. The minimum Gasteiger partial charge on any atom is -0.391 e. The Morgan fingerprint density at radius 3 is 2.95 bits per heavy atom. The van der Waals surface area contributed by atoms with Crippen molar-refractivity contribution in [3.63, 3.8) is 0 Å². The number of likely N-dealkylation sites (tertiary alicyclic amines) is 1. The molecule has 4 rings (SSSR count). The van der Waals surface area contributed by atoms with Gasteiger partial charge < -0.3 is 14.5 Å². The van der Waals surface area contributed by atoms with Gasteiger partial charge in [-0.3, -0.25) is 4.79 Å². The van der Waals surface area contributed by atoms with Crippen LogP contribution in [0.5, 0.6) is 0 Å². The lowest BCUT2D eigenvalue weighted by Crippen LogP contribution is -2.42. The number of pyridine rings is 1. The van der Waals surface area contributed by atoms with E-state index in [4.69, 9.17) is 4.52 Å². The Bertz CT molecular complexity index is 736. The van der Waals surface area contributed by atoms with Gasteiger partial charge in [-0.15, -0.1) is 0 Å². The number of nitrogens with zero attached hydrogens (tertiary/aromatic N) is 3. The molecule has 2 aromatic heterocycles. The number of carbonyl (C=O) groups excluding carboxylic acids is 1. The largest absolute Gasteiger partial charge is 0.391 e. The van der Waals surface area contributed by atoms with Crippen molar-refractivity contribution in [3.8, 4) is 0 Å². The van der Waals surface area contributed by atoms with Gasteiger partial charge in [-0.2, -0.15) is 0 Å². The molecule has 1 atom stereocenters. The molecular weight excluding hydrogens is 282 g/mol. The van der Waals surface area contributed by atoms with Crippen LogP contribution >= 0.6 is 0 Å². The smallest absolute Gasteiger partial charge is 0.259 e. The summed E-state index contributed by atoms with van der Waals surface area (Å²) in [5.41, 5.74) is 2.66. The van der Waals surface area contributed by atoms with E-state index in [0.717, 1.165) is 31.4 Å². The van der Waals surface area contributed by atoms with Crippen LogP contribution in [-0.2, 0) is 0 Å². The number of piperidine rings is 1. The highest BCUT2D eigenvalue weighted by Crippen LogP contribution is 2.40. The fourth-order valence-corrected chi connectivity index (χ4v) is 3.18. The molecule has 1 aliphatic heterocycles. The van der Waals surface area contributed by atoms with Crippen LogP contribution in [0.2, 0.25) is 0 Å². The number of carbonyl (C=O) groups is 1. The average Bonchev–Trinajstić information content (AvgIpc) is 3.30. The van der Waals surface area contributed by atoms with Crippen LogP contribution in [0.4, 0.5) is 0 Å². The highest BCUT2D eigenvalue weighted by atomic mass is 16.5. The lowest BCUT2D eigenvalue weighted by Gasteiger charge is -2.30. The molecule has 1 saturated heterocycles. The number of aromatic nitrogens is 2. The van der Waals surface area contributed by atoms with Crippen molar-refractivity contribution in [3.05, 3.63) is 23.0 Å². The van der Waals surface area contributed by atoms with Gasteiger partial charge in [0, 0.05) is 24.7 Å². The number of amides is 1. The molecule has 0 bridgehead atoms. The zero-order valence-electron chi connectivity index (χ0n) is 12.6. The second-order valence-corrected chi connectivity index (χ2v) is 6.36. The Balaban J connectivity index is 1.78. The highest BCUT2D eigenvalue weighted by Gasteiger charge is 2.31. The van der Waals surface area contributed by atoms with Crippen LogP contribution in [-0.4, -0.2) is 45.2 Å². The van der Waals surface area contributed by atoms with Crippen molar-refractivity contribution in [1.29, 1.82) is 0 Å². The first-order valence-corrected chi connectivity index (χ1v) is 7.87. The SMILES string of the molecule is Cc1noc2nc(C3CC3)cc(C(=O)N3CCCC(O)C3)c12. The minimum atomic E-state index is -0.429. The third-order valence-corrected chi connectivity index (χ3v) is 4.55. The predicted molar refractivity (Wildman–Crippen MR) is 79.7 cm³/mol. The first-order valence-electron chi connectivity index (χ1n) is 7.87. The molecule has 0 aromatic carbocycles. The molecule has 2 fully saturated rings. The minimum absolute atomic E-state index is 0.0562. The molecule has 22 heavy (non-hydrogen) atoms. The van der Waals surface area contributed by atoms with E-state index in [2.05, 4.69) is 10.1 Å². The molecule has 6 nitrogen and oxygen atoms in total. The molecule has 1 unspecified atom stereocenters. The van der Waals surface area contributed by atoms with Gasteiger partial charge in [-0.1, -0.05) is 5.16 Å². The molecule has 0 spiro atoms. The summed E-state index contributed by atoms with van der Waals surface area (Å²) in [4.78, 5) is 19.2. The molecule has 0 radical (unpaired) electrons. The van der Waals surface area contributed by atoms with Crippen molar-refractivity contribution in [2.75, 3.05) is 13.1 Å². The van der Waals surface area contributed by atoms with E-state index in [1.807, 2.05) is 13.0 Å². The zero-order chi connectivity index (χ0) is 15.3. The van der Waals surface area contributed by atoms with E-state index in [1.54, 1.807) is 4.90 Å². The average molecular weight is 301 g/mol. The zero-order valence-corrected chi connectivity index (χ0v) is 12.6. The summed E-state index contributed by atoms with van der Waals surface area (Å²) in [5, 5.41) is 14.5. The molecule has 1 amide bonds. The standard InChI is InChI=1S/C16H19N3O3/c1-9-14-12(16(21)19-6-2-3-11(20)8-19)7-13(10-4-5-10)17-15(14)22-18-9/h7,10-11,20H,2-6,8H2,1H3. The van der Waals surface area contributed by atoms with Gasteiger partial charge >= 0.3 is 0 Å². The number of aliphatic hydroxyl groups is 1. The molecule has 2 aliphatic rings. The van der Waals surface area contributed by atoms with Gasteiger partial charge in [-0.05, 0) is 38.7 Å². The molecule has 6 heteroatoms. The Morgan fingerprint density at radius 1 is 1.41 bits per heavy atom. The second kappa shape index (κ2) is 5.05. The number of hydrogen-bond acceptors (Lipinski definition) is 5. The Labute approximate surface area is 128 Å². The van der Waals surface area contributed by atoms with Gasteiger partial charge in [0.25, 0.3) is 11.6 Å². The molecule has 1 saturated carbocycles. The second-order valence-electron chi connectivity index (χ2n) is 6.36. The van der Waals surface area contributed by atoms with Crippen LogP contribution < -0.4 is 0 Å². The summed E-state index contributed by atoms with van der Waals surface area (Å²) >= 11 is 0. The van der Waals surface area contributed by atoms with E-state index in [9.17, 15) is 9.90 Å². The number of aryl methyl sites for hydroxylation is 1. The predicted octanol–water partition coefficient (Wildman–Crippen LogP) is 2.01. The van der Waals surface area contributed by atoms with E-state index in [1.165, 1.54) is 0 Å². The summed E-state index contributed by atoms with van der Waals surface area (Å²) in [7, 11) is 0. The summed E-state index contributed by atoms with van der Waals surface area (Å²) in [6, 6.07) is 1.90. The lowest BCUT2D eigenvalue weighted by atomic mass is 10.0. The summed E-state index contributed by atoms with van der Waals surface area (Å²) in [6.45, 7) is 2.90. The number of fused-ring (bicyclic) bond motifs is 1. The van der Waals surface area contributed by atoms with E-state index in [-0.39, 0.29) is 5.91 Å². The van der Waals surface area contributed by atoms with Gasteiger partial charge in [0.05, 0.1) is 22.7 Å². The molecule has 1 aliphatic carbocycles. The molecule has 3 heterocycles. The third kappa shape index (κ3) is 2.27. The quantitative estimate of drug-likeness (QED) is 0.918. The van der Waals surface area contributed by atoms with Crippen molar-refractivity contribution in [2.24, 2.45) is 0 Å². The van der Waals surface area contributed by atoms with Gasteiger partial charge in [0.15, 0.2) is 0 Å². The third-order valence-electron chi connectivity index (χ3n) is 4.55. The van der Waals surface area contributed by atoms with Gasteiger partial charge in [0.2, 0.25) is 0 Å². The van der Waals surface area contributed by atoms with Crippen LogP contribution in [0.25, 0.3) is 11.1 Å². The van der Waals surface area contributed by atoms with E-state index in [0.29, 0.717) is 41.4 Å². The summed E-state index contributed by atoms with van der Waals surface area (Å²) < 4.78 is 5.29. The number of hydrogen-bond donors (Lipinski definition) is 1. The number of aliphatic hydroxyl groups excluding tert-OH is 1. The fraction of sp³-hybridized carbons (Fsp3) is 0.562. The van der Waals surface area contributed by atoms with Crippen molar-refractivity contribution >= 4 is 17.0 Å². The molecule has 116 valence electrons. The maximum absolute atomic E-state index is 12.9. The van der Waals surface area contributed by atoms with Gasteiger partial charge in [-0.25, -0.2) is 4.98 Å². The Morgan fingerprint density at radius 2 is 2.23 bits per heavy atom. The van der Waals surface area contributed by atoms with Crippen molar-refractivity contribution < 1.29 is 14.4 Å². The maximum Gasteiger partial charge on any atom is 0.259 e. The number of rotatable bonds is 2. The first kappa shape index (κ1) is 13.7. The topological polar surface area (TPSA) is 79.5 Å². The van der Waals surface area contributed by atoms with Crippen LogP contribution in [0.15, 0.2) is 10.6 Å². The summed E-state index contributed by atoms with van der Waals surface area (Å²) in [5.74, 6) is 0.382. The normalized spacial score (nSPS) is 22.3. The van der Waals surface area contributed by atoms with Crippen molar-refractivity contribution in [1.82, 2.24) is 15.0 Å². The Hall–Kier alpha value is -1.95. The first-order chi connectivity index (χ1) is 10.6. The monoisotopic (exact) mass is 301 g/mol. The van der Waals surface area contributed by atoms with Crippen molar-refractivity contribution in [2.45, 2.75) is 44.6 Å². The van der Waals surface area contributed by atoms with Gasteiger partial charge in [0.1, 0.15) is 0 Å². The van der Waals surface area contributed by atoms with Crippen LogP contribution in [0.3, 0.4) is 0 Å². The van der Waals surface area contributed by atoms with E-state index < -0.39 is 6.10 Å². The maximum atomic E-state index is 12.9. The molecule has 1 N–H and O–H groups in total. The van der Waals surface area contributed by atoms with Crippen LogP contribution in [0, 0.1) is 6.92 Å². The Kier molecular flexibility index (Phi) is 3.14. The fourth-order valence-electron chi connectivity index (χ4n) is 3.18.